The molecular weight excluding hydrogens is 486 g/mol. The van der Waals surface area contributed by atoms with Crippen molar-refractivity contribution in [2.24, 2.45) is 5.92 Å². The summed E-state index contributed by atoms with van der Waals surface area (Å²) in [5.41, 5.74) is 4.72. The summed E-state index contributed by atoms with van der Waals surface area (Å²) in [5, 5.41) is 2.97. The van der Waals surface area contributed by atoms with E-state index in [0.29, 0.717) is 37.5 Å². The second-order valence-electron chi connectivity index (χ2n) is 10.3. The van der Waals surface area contributed by atoms with Crippen LogP contribution in [0.15, 0.2) is 42.5 Å². The summed E-state index contributed by atoms with van der Waals surface area (Å²) < 4.78 is 26.5. The van der Waals surface area contributed by atoms with Gasteiger partial charge in [-0.1, -0.05) is 56.7 Å². The third kappa shape index (κ3) is 9.18. The lowest BCUT2D eigenvalue weighted by Crippen LogP contribution is -2.49. The predicted molar refractivity (Wildman–Crippen MR) is 151 cm³/mol. The van der Waals surface area contributed by atoms with Gasteiger partial charge < -0.3 is 10.2 Å². The van der Waals surface area contributed by atoms with Gasteiger partial charge in [0.25, 0.3) is 0 Å². The Bertz CT molecular complexity index is 1180. The molecule has 1 N–H and O–H groups in total. The van der Waals surface area contributed by atoms with E-state index in [1.807, 2.05) is 77.9 Å². The quantitative estimate of drug-likeness (QED) is 0.406. The molecule has 0 heterocycles. The van der Waals surface area contributed by atoms with E-state index < -0.39 is 16.1 Å². The molecule has 2 aromatic carbocycles. The van der Waals surface area contributed by atoms with E-state index in [1.54, 1.807) is 11.0 Å². The minimum atomic E-state index is -3.52. The van der Waals surface area contributed by atoms with Gasteiger partial charge in [-0.3, -0.25) is 13.9 Å². The Labute approximate surface area is 223 Å². The first-order valence-corrected chi connectivity index (χ1v) is 14.9. The minimum Gasteiger partial charge on any atom is -0.354 e. The van der Waals surface area contributed by atoms with E-state index in [4.69, 9.17) is 0 Å². The highest BCUT2D eigenvalue weighted by atomic mass is 32.2. The number of nitrogens with one attached hydrogen (secondary N) is 1. The van der Waals surface area contributed by atoms with E-state index in [2.05, 4.69) is 5.32 Å². The van der Waals surface area contributed by atoms with Crippen molar-refractivity contribution in [2.45, 2.75) is 73.4 Å². The van der Waals surface area contributed by atoms with Gasteiger partial charge in [0.2, 0.25) is 21.8 Å². The van der Waals surface area contributed by atoms with E-state index >= 15 is 0 Å². The maximum absolute atomic E-state index is 13.5. The SMILES string of the molecule is CCC(C(=O)NCC(C)C)N(Cc1cccc(C)c1)C(=O)CCCN(c1ccc(C)c(C)c1)S(C)(=O)=O. The molecule has 204 valence electrons. The molecular formula is C29H43N3O4S. The molecule has 0 aliphatic rings. The summed E-state index contributed by atoms with van der Waals surface area (Å²) in [4.78, 5) is 28.2. The van der Waals surface area contributed by atoms with Crippen molar-refractivity contribution in [2.75, 3.05) is 23.7 Å². The minimum absolute atomic E-state index is 0.136. The molecule has 37 heavy (non-hydrogen) atoms. The van der Waals surface area contributed by atoms with E-state index in [1.165, 1.54) is 10.6 Å². The van der Waals surface area contributed by atoms with Crippen LogP contribution in [0.25, 0.3) is 0 Å². The molecule has 0 aromatic heterocycles. The molecule has 8 heteroatoms. The van der Waals surface area contributed by atoms with E-state index in [0.717, 1.165) is 22.3 Å². The number of nitrogens with zero attached hydrogens (tertiary/aromatic N) is 2. The summed E-state index contributed by atoms with van der Waals surface area (Å²) in [6.45, 7) is 12.9. The van der Waals surface area contributed by atoms with Crippen LogP contribution in [-0.4, -0.2) is 50.5 Å². The monoisotopic (exact) mass is 529 g/mol. The fourth-order valence-electron chi connectivity index (χ4n) is 4.23. The first-order valence-electron chi connectivity index (χ1n) is 13.0. The summed E-state index contributed by atoms with van der Waals surface area (Å²) in [6.07, 6.45) is 2.14. The Morgan fingerprint density at radius 1 is 1.00 bits per heavy atom. The topological polar surface area (TPSA) is 86.8 Å². The molecule has 0 spiro atoms. The van der Waals surface area contributed by atoms with Gasteiger partial charge >= 0.3 is 0 Å². The van der Waals surface area contributed by atoms with Crippen LogP contribution in [0, 0.1) is 26.7 Å². The number of benzene rings is 2. The van der Waals surface area contributed by atoms with Gasteiger partial charge in [0.1, 0.15) is 6.04 Å². The second-order valence-corrected chi connectivity index (χ2v) is 12.2. The van der Waals surface area contributed by atoms with Crippen molar-refractivity contribution in [1.29, 1.82) is 0 Å². The van der Waals surface area contributed by atoms with Gasteiger partial charge in [-0.2, -0.15) is 0 Å². The van der Waals surface area contributed by atoms with E-state index in [-0.39, 0.29) is 24.8 Å². The highest BCUT2D eigenvalue weighted by Gasteiger charge is 2.29. The van der Waals surface area contributed by atoms with Gasteiger partial charge in [-0.25, -0.2) is 8.42 Å². The van der Waals surface area contributed by atoms with Crippen molar-refractivity contribution >= 4 is 27.5 Å². The Balaban J connectivity index is 2.23. The molecule has 0 saturated heterocycles. The summed E-state index contributed by atoms with van der Waals surface area (Å²) in [5.74, 6) is -0.0264. The molecule has 2 amide bonds. The Hall–Kier alpha value is -2.87. The number of hydrogen-bond acceptors (Lipinski definition) is 4. The molecule has 0 radical (unpaired) electrons. The Kier molecular flexibility index (Phi) is 11.2. The molecule has 7 nitrogen and oxygen atoms in total. The number of amides is 2. The third-order valence-corrected chi connectivity index (χ3v) is 7.63. The van der Waals surface area contributed by atoms with Crippen LogP contribution in [0.4, 0.5) is 5.69 Å². The highest BCUT2D eigenvalue weighted by Crippen LogP contribution is 2.22. The number of sulfonamides is 1. The molecule has 0 fully saturated rings. The zero-order valence-corrected chi connectivity index (χ0v) is 24.2. The number of carbonyl (C=O) groups is 2. The molecule has 0 aliphatic heterocycles. The van der Waals surface area contributed by atoms with Crippen molar-refractivity contribution in [3.05, 3.63) is 64.7 Å². The zero-order valence-electron chi connectivity index (χ0n) is 23.4. The number of anilines is 1. The van der Waals surface area contributed by atoms with Crippen molar-refractivity contribution in [3.8, 4) is 0 Å². The van der Waals surface area contributed by atoms with Crippen LogP contribution >= 0.6 is 0 Å². The number of carbonyl (C=O) groups excluding carboxylic acids is 2. The number of aryl methyl sites for hydroxylation is 3. The fourth-order valence-corrected chi connectivity index (χ4v) is 5.19. The normalized spacial score (nSPS) is 12.3. The molecule has 2 aromatic rings. The second kappa shape index (κ2) is 13.6. The van der Waals surface area contributed by atoms with Gasteiger partial charge in [0.15, 0.2) is 0 Å². The molecule has 1 unspecified atom stereocenters. The van der Waals surface area contributed by atoms with E-state index in [9.17, 15) is 18.0 Å². The Morgan fingerprint density at radius 3 is 2.27 bits per heavy atom. The highest BCUT2D eigenvalue weighted by molar-refractivity contribution is 7.92. The van der Waals surface area contributed by atoms with Crippen molar-refractivity contribution in [1.82, 2.24) is 10.2 Å². The first-order chi connectivity index (χ1) is 17.3. The molecule has 0 saturated carbocycles. The van der Waals surface area contributed by atoms with Crippen LogP contribution in [0.5, 0.6) is 0 Å². The third-order valence-electron chi connectivity index (χ3n) is 6.44. The van der Waals surface area contributed by atoms with Gasteiger partial charge in [-0.05, 0) is 68.4 Å². The average molecular weight is 530 g/mol. The lowest BCUT2D eigenvalue weighted by Gasteiger charge is -2.31. The lowest BCUT2D eigenvalue weighted by atomic mass is 10.1. The van der Waals surface area contributed by atoms with Crippen molar-refractivity contribution < 1.29 is 18.0 Å². The van der Waals surface area contributed by atoms with Gasteiger partial charge in [-0.15, -0.1) is 0 Å². The first kappa shape index (κ1) is 30.4. The molecule has 2 rings (SSSR count). The summed E-state index contributed by atoms with van der Waals surface area (Å²) in [6, 6.07) is 12.9. The molecule has 1 atom stereocenters. The standard InChI is InChI=1S/C29H43N3O4S/c1-8-27(29(34)30-19-21(2)3)31(20-25-12-9-11-22(4)17-25)28(33)13-10-16-32(37(7,35)36)26-15-14-23(5)24(6)18-26/h9,11-12,14-15,17-18,21,27H,8,10,13,16,19-20H2,1-7H3,(H,30,34). The summed E-state index contributed by atoms with van der Waals surface area (Å²) in [7, 11) is -3.52. The molecule has 0 aliphatic carbocycles. The van der Waals surface area contributed by atoms with Crippen LogP contribution in [0.1, 0.15) is 62.3 Å². The smallest absolute Gasteiger partial charge is 0.242 e. The van der Waals surface area contributed by atoms with Crippen LogP contribution in [-0.2, 0) is 26.2 Å². The van der Waals surface area contributed by atoms with Crippen LogP contribution in [0.2, 0.25) is 0 Å². The van der Waals surface area contributed by atoms with Gasteiger partial charge in [0, 0.05) is 26.1 Å². The summed E-state index contributed by atoms with van der Waals surface area (Å²) >= 11 is 0. The fraction of sp³-hybridized carbons (Fsp3) is 0.517. The molecule has 0 bridgehead atoms. The largest absolute Gasteiger partial charge is 0.354 e. The lowest BCUT2D eigenvalue weighted by molar-refractivity contribution is -0.141. The maximum Gasteiger partial charge on any atom is 0.242 e. The van der Waals surface area contributed by atoms with Crippen LogP contribution in [0.3, 0.4) is 0 Å². The van der Waals surface area contributed by atoms with Crippen LogP contribution < -0.4 is 9.62 Å². The number of hydrogen-bond donors (Lipinski definition) is 1. The van der Waals surface area contributed by atoms with Gasteiger partial charge in [0.05, 0.1) is 11.9 Å². The van der Waals surface area contributed by atoms with Crippen molar-refractivity contribution in [3.63, 3.8) is 0 Å². The zero-order chi connectivity index (χ0) is 27.8. The predicted octanol–water partition coefficient (Wildman–Crippen LogP) is 4.74. The average Bonchev–Trinajstić information content (AvgIpc) is 2.81. The maximum atomic E-state index is 13.5. The Morgan fingerprint density at radius 2 is 1.70 bits per heavy atom. The number of rotatable bonds is 13.